The number of ether oxygens (including phenoxy) is 1. The second-order valence-corrected chi connectivity index (χ2v) is 4.73. The molecule has 2 aromatic carbocycles. The normalized spacial score (nSPS) is 10.1. The molecule has 2 rings (SSSR count). The molecule has 0 radical (unpaired) electrons. The second-order valence-electron chi connectivity index (χ2n) is 4.73. The zero-order valence-electron chi connectivity index (χ0n) is 12.1. The number of nitrogens with two attached hydrogens (primary N) is 1. The lowest BCUT2D eigenvalue weighted by Crippen LogP contribution is -2.15. The van der Waals surface area contributed by atoms with Crippen LogP contribution >= 0.6 is 0 Å². The molecule has 1 amide bonds. The summed E-state index contributed by atoms with van der Waals surface area (Å²) >= 11 is 0. The number of nitrogens with one attached hydrogen (secondary N) is 1. The molecule has 4 nitrogen and oxygen atoms in total. The van der Waals surface area contributed by atoms with Crippen LogP contribution in [0.15, 0.2) is 48.5 Å². The van der Waals surface area contributed by atoms with Crippen molar-refractivity contribution in [1.82, 2.24) is 0 Å². The Kier molecular flexibility index (Phi) is 5.21. The standard InChI is InChI=1S/C17H20N2O2/c1-2-13-6-3-4-9-16(13)21-11-10-17(20)19-15-8-5-7-14(18)12-15/h3-9,12H,2,10-11,18H2,1H3,(H,19,20). The van der Waals surface area contributed by atoms with Crippen molar-refractivity contribution in [1.29, 1.82) is 0 Å². The molecule has 0 fully saturated rings. The van der Waals surface area contributed by atoms with Crippen molar-refractivity contribution < 1.29 is 9.53 Å². The summed E-state index contributed by atoms with van der Waals surface area (Å²) in [7, 11) is 0. The molecule has 0 aliphatic rings. The number of rotatable bonds is 6. The van der Waals surface area contributed by atoms with E-state index in [1.165, 1.54) is 0 Å². The van der Waals surface area contributed by atoms with E-state index >= 15 is 0 Å². The number of hydrogen-bond acceptors (Lipinski definition) is 3. The lowest BCUT2D eigenvalue weighted by Gasteiger charge is -2.10. The largest absolute Gasteiger partial charge is 0.493 e. The number of aryl methyl sites for hydroxylation is 1. The van der Waals surface area contributed by atoms with Gasteiger partial charge in [-0.05, 0) is 36.2 Å². The maximum absolute atomic E-state index is 11.8. The van der Waals surface area contributed by atoms with Crippen LogP contribution in [0.1, 0.15) is 18.9 Å². The van der Waals surface area contributed by atoms with Crippen LogP contribution in [0.4, 0.5) is 11.4 Å². The summed E-state index contributed by atoms with van der Waals surface area (Å²) in [6.45, 7) is 2.43. The molecule has 2 aromatic rings. The van der Waals surface area contributed by atoms with Crippen molar-refractivity contribution in [3.63, 3.8) is 0 Å². The molecule has 3 N–H and O–H groups in total. The summed E-state index contributed by atoms with van der Waals surface area (Å²) in [5, 5.41) is 2.80. The minimum atomic E-state index is -0.0884. The van der Waals surface area contributed by atoms with Gasteiger partial charge in [-0.2, -0.15) is 0 Å². The van der Waals surface area contributed by atoms with Crippen LogP contribution in [-0.4, -0.2) is 12.5 Å². The van der Waals surface area contributed by atoms with E-state index < -0.39 is 0 Å². The lowest BCUT2D eigenvalue weighted by atomic mass is 10.1. The predicted molar refractivity (Wildman–Crippen MR) is 85.4 cm³/mol. The van der Waals surface area contributed by atoms with E-state index in [0.29, 0.717) is 24.4 Å². The zero-order valence-corrected chi connectivity index (χ0v) is 12.1. The molecule has 110 valence electrons. The van der Waals surface area contributed by atoms with Gasteiger partial charge in [-0.1, -0.05) is 31.2 Å². The van der Waals surface area contributed by atoms with E-state index in [-0.39, 0.29) is 5.91 Å². The first-order valence-corrected chi connectivity index (χ1v) is 7.05. The Morgan fingerprint density at radius 2 is 2.00 bits per heavy atom. The van der Waals surface area contributed by atoms with Gasteiger partial charge in [-0.15, -0.1) is 0 Å². The third-order valence-electron chi connectivity index (χ3n) is 3.11. The molecule has 0 aliphatic heterocycles. The van der Waals surface area contributed by atoms with Gasteiger partial charge in [-0.3, -0.25) is 4.79 Å². The van der Waals surface area contributed by atoms with Gasteiger partial charge in [0.1, 0.15) is 5.75 Å². The number of amides is 1. The van der Waals surface area contributed by atoms with Crippen molar-refractivity contribution in [3.05, 3.63) is 54.1 Å². The molecule has 0 saturated carbocycles. The molecule has 0 aromatic heterocycles. The summed E-state index contributed by atoms with van der Waals surface area (Å²) in [4.78, 5) is 11.8. The Hall–Kier alpha value is -2.49. The summed E-state index contributed by atoms with van der Waals surface area (Å²) in [5.74, 6) is 0.756. The molecule has 0 heterocycles. The monoisotopic (exact) mass is 284 g/mol. The average molecular weight is 284 g/mol. The first-order chi connectivity index (χ1) is 10.2. The van der Waals surface area contributed by atoms with E-state index in [2.05, 4.69) is 12.2 Å². The third-order valence-corrected chi connectivity index (χ3v) is 3.11. The van der Waals surface area contributed by atoms with Crippen LogP contribution in [-0.2, 0) is 11.2 Å². The van der Waals surface area contributed by atoms with Crippen molar-refractivity contribution in [3.8, 4) is 5.75 Å². The minimum Gasteiger partial charge on any atom is -0.493 e. The Balaban J connectivity index is 1.82. The molecule has 4 heteroatoms. The smallest absolute Gasteiger partial charge is 0.227 e. The van der Waals surface area contributed by atoms with Crippen molar-refractivity contribution in [2.75, 3.05) is 17.7 Å². The molecule has 0 saturated heterocycles. The van der Waals surface area contributed by atoms with Gasteiger partial charge in [0.15, 0.2) is 0 Å². The number of carbonyl (C=O) groups excluding carboxylic acids is 1. The Labute approximate surface area is 124 Å². The molecule has 0 aliphatic carbocycles. The number of carbonyl (C=O) groups is 1. The summed E-state index contributed by atoms with van der Waals surface area (Å²) in [6.07, 6.45) is 1.21. The number of anilines is 2. The molecule has 21 heavy (non-hydrogen) atoms. The topological polar surface area (TPSA) is 64.3 Å². The highest BCUT2D eigenvalue weighted by atomic mass is 16.5. The molecule has 0 spiro atoms. The van der Waals surface area contributed by atoms with Gasteiger partial charge in [0.05, 0.1) is 13.0 Å². The van der Waals surface area contributed by atoms with Crippen molar-refractivity contribution >= 4 is 17.3 Å². The SMILES string of the molecule is CCc1ccccc1OCCC(=O)Nc1cccc(N)c1. The Morgan fingerprint density at radius 3 is 2.76 bits per heavy atom. The van der Waals surface area contributed by atoms with E-state index in [9.17, 15) is 4.79 Å². The summed E-state index contributed by atoms with van der Waals surface area (Å²) in [5.41, 5.74) is 8.14. The van der Waals surface area contributed by atoms with E-state index in [0.717, 1.165) is 17.7 Å². The minimum absolute atomic E-state index is 0.0884. The molecular formula is C17H20N2O2. The Morgan fingerprint density at radius 1 is 1.19 bits per heavy atom. The molecular weight excluding hydrogens is 264 g/mol. The van der Waals surface area contributed by atoms with Gasteiger partial charge < -0.3 is 15.8 Å². The quantitative estimate of drug-likeness (QED) is 0.800. The van der Waals surface area contributed by atoms with E-state index in [1.54, 1.807) is 18.2 Å². The van der Waals surface area contributed by atoms with Gasteiger partial charge >= 0.3 is 0 Å². The fourth-order valence-corrected chi connectivity index (χ4v) is 2.03. The van der Waals surface area contributed by atoms with Crippen LogP contribution in [0.3, 0.4) is 0 Å². The van der Waals surface area contributed by atoms with Crippen molar-refractivity contribution in [2.24, 2.45) is 0 Å². The molecule has 0 unspecified atom stereocenters. The fraction of sp³-hybridized carbons (Fsp3) is 0.235. The first kappa shape index (κ1) is 14.9. The maximum atomic E-state index is 11.8. The van der Waals surface area contributed by atoms with Crippen molar-refractivity contribution in [2.45, 2.75) is 19.8 Å². The molecule has 0 atom stereocenters. The molecule has 0 bridgehead atoms. The van der Waals surface area contributed by atoms with E-state index in [1.807, 2.05) is 30.3 Å². The van der Waals surface area contributed by atoms with Crippen LogP contribution in [0.5, 0.6) is 5.75 Å². The number of para-hydroxylation sites is 1. The van der Waals surface area contributed by atoms with Crippen LogP contribution in [0, 0.1) is 0 Å². The van der Waals surface area contributed by atoms with Gasteiger partial charge in [-0.25, -0.2) is 0 Å². The van der Waals surface area contributed by atoms with Gasteiger partial charge in [0.2, 0.25) is 5.91 Å². The lowest BCUT2D eigenvalue weighted by molar-refractivity contribution is -0.116. The van der Waals surface area contributed by atoms with Crippen LogP contribution in [0.2, 0.25) is 0 Å². The third kappa shape index (κ3) is 4.53. The van der Waals surface area contributed by atoms with E-state index in [4.69, 9.17) is 10.5 Å². The first-order valence-electron chi connectivity index (χ1n) is 7.05. The predicted octanol–water partition coefficient (Wildman–Crippen LogP) is 3.24. The van der Waals surface area contributed by atoms with Gasteiger partial charge in [0, 0.05) is 11.4 Å². The Bertz CT molecular complexity index is 611. The number of hydrogen-bond donors (Lipinski definition) is 2. The zero-order chi connectivity index (χ0) is 15.1. The average Bonchev–Trinajstić information content (AvgIpc) is 2.47. The summed E-state index contributed by atoms with van der Waals surface area (Å²) < 4.78 is 5.67. The second kappa shape index (κ2) is 7.33. The van der Waals surface area contributed by atoms with Crippen LogP contribution < -0.4 is 15.8 Å². The summed E-state index contributed by atoms with van der Waals surface area (Å²) in [6, 6.07) is 15.0. The number of nitrogen functional groups attached to an aromatic ring is 1. The highest BCUT2D eigenvalue weighted by Crippen LogP contribution is 2.18. The van der Waals surface area contributed by atoms with Gasteiger partial charge in [0.25, 0.3) is 0 Å². The highest BCUT2D eigenvalue weighted by molar-refractivity contribution is 5.91. The van der Waals surface area contributed by atoms with Crippen LogP contribution in [0.25, 0.3) is 0 Å². The number of benzene rings is 2. The maximum Gasteiger partial charge on any atom is 0.227 e. The fourth-order valence-electron chi connectivity index (χ4n) is 2.03. The highest BCUT2D eigenvalue weighted by Gasteiger charge is 2.05.